The lowest BCUT2D eigenvalue weighted by atomic mass is 10.6. The summed E-state index contributed by atoms with van der Waals surface area (Å²) < 4.78 is 0. The fourth-order valence-electron chi connectivity index (χ4n) is 0.369. The second kappa shape index (κ2) is 5.82. The molecule has 0 rings (SSSR count). The third-order valence-corrected chi connectivity index (χ3v) is 8.44. The molecule has 0 aromatic carbocycles. The van der Waals surface area contributed by atoms with Crippen molar-refractivity contribution in [3.8, 4) is 0 Å². The molecule has 10 heavy (non-hydrogen) atoms. The highest BCUT2D eigenvalue weighted by Crippen LogP contribution is 2.54. The Morgan fingerprint density at radius 2 is 1.30 bits per heavy atom. The van der Waals surface area contributed by atoms with Crippen molar-refractivity contribution in [3.63, 3.8) is 0 Å². The molecular formula is C6H14PS3. The number of hydrogen-bond donors (Lipinski definition) is 0. The van der Waals surface area contributed by atoms with Gasteiger partial charge in [0.25, 0.3) is 0 Å². The minimum atomic E-state index is -0.243. The SMILES string of the molecule is CC(C)S[P](=S)SC(C)C. The molecule has 61 valence electrons. The van der Waals surface area contributed by atoms with Crippen LogP contribution in [0.1, 0.15) is 27.7 Å². The zero-order valence-electron chi connectivity index (χ0n) is 6.83. The summed E-state index contributed by atoms with van der Waals surface area (Å²) in [7, 11) is 0. The van der Waals surface area contributed by atoms with Crippen molar-refractivity contribution in [2.45, 2.75) is 38.2 Å². The van der Waals surface area contributed by atoms with Crippen LogP contribution in [-0.4, -0.2) is 10.5 Å². The van der Waals surface area contributed by atoms with E-state index in [1.54, 1.807) is 0 Å². The zero-order chi connectivity index (χ0) is 8.15. The first kappa shape index (κ1) is 11.2. The van der Waals surface area contributed by atoms with E-state index in [1.807, 2.05) is 22.8 Å². The van der Waals surface area contributed by atoms with Gasteiger partial charge in [0, 0.05) is 15.6 Å². The first-order valence-corrected chi connectivity index (χ1v) is 8.65. The highest BCUT2D eigenvalue weighted by molar-refractivity contribution is 8.94. The monoisotopic (exact) mass is 213 g/mol. The average Bonchev–Trinajstić information content (AvgIpc) is 1.58. The molecule has 0 N–H and O–H groups in total. The van der Waals surface area contributed by atoms with Gasteiger partial charge in [-0.25, -0.2) is 0 Å². The van der Waals surface area contributed by atoms with Gasteiger partial charge in [0.15, 0.2) is 0 Å². The van der Waals surface area contributed by atoms with E-state index >= 15 is 0 Å². The minimum Gasteiger partial charge on any atom is -0.0868 e. The first-order chi connectivity index (χ1) is 4.52. The summed E-state index contributed by atoms with van der Waals surface area (Å²) in [4.78, 5) is 0. The highest BCUT2D eigenvalue weighted by atomic mass is 33.2. The zero-order valence-corrected chi connectivity index (χ0v) is 10.2. The second-order valence-corrected chi connectivity index (χ2v) is 11.9. The van der Waals surface area contributed by atoms with Gasteiger partial charge in [-0.3, -0.25) is 0 Å². The van der Waals surface area contributed by atoms with Crippen LogP contribution in [0.4, 0.5) is 0 Å². The Bertz CT molecular complexity index is 99.6. The summed E-state index contributed by atoms with van der Waals surface area (Å²) in [5.74, 6) is 0. The summed E-state index contributed by atoms with van der Waals surface area (Å²) in [5.41, 5.74) is 0. The Labute approximate surface area is 77.8 Å². The smallest absolute Gasteiger partial charge is 0.0381 e. The molecule has 0 aromatic rings. The van der Waals surface area contributed by atoms with Crippen LogP contribution >= 0.6 is 27.9 Å². The van der Waals surface area contributed by atoms with Crippen molar-refractivity contribution < 1.29 is 0 Å². The molecule has 4 heteroatoms. The van der Waals surface area contributed by atoms with Crippen LogP contribution in [0.5, 0.6) is 0 Å². The van der Waals surface area contributed by atoms with E-state index in [0.29, 0.717) is 10.5 Å². The highest BCUT2D eigenvalue weighted by Gasteiger charge is 2.03. The van der Waals surface area contributed by atoms with E-state index in [1.165, 1.54) is 0 Å². The van der Waals surface area contributed by atoms with Crippen molar-refractivity contribution in [1.82, 2.24) is 0 Å². The van der Waals surface area contributed by atoms with Crippen molar-refractivity contribution in [2.75, 3.05) is 0 Å². The summed E-state index contributed by atoms with van der Waals surface area (Å²) >= 11 is 9.13. The Morgan fingerprint density at radius 1 is 1.00 bits per heavy atom. The van der Waals surface area contributed by atoms with E-state index in [4.69, 9.17) is 11.8 Å². The van der Waals surface area contributed by atoms with Crippen LogP contribution in [0.15, 0.2) is 0 Å². The number of hydrogen-bond acceptors (Lipinski definition) is 3. The maximum absolute atomic E-state index is 5.28. The molecule has 0 fully saturated rings. The van der Waals surface area contributed by atoms with Crippen LogP contribution in [-0.2, 0) is 11.8 Å². The normalized spacial score (nSPS) is 11.0. The van der Waals surface area contributed by atoms with Gasteiger partial charge in [-0.1, -0.05) is 50.5 Å². The molecule has 0 aliphatic rings. The molecule has 0 saturated heterocycles. The largest absolute Gasteiger partial charge is 0.0868 e. The summed E-state index contributed by atoms with van der Waals surface area (Å²) in [5, 5.41) is 1.14. The molecule has 0 aromatic heterocycles. The van der Waals surface area contributed by atoms with Gasteiger partial charge in [-0.2, -0.15) is 0 Å². The Morgan fingerprint density at radius 3 is 1.50 bits per heavy atom. The predicted octanol–water partition coefficient (Wildman–Crippen LogP) is 4.04. The number of rotatable bonds is 4. The molecule has 0 saturated carbocycles. The van der Waals surface area contributed by atoms with E-state index < -0.39 is 0 Å². The third kappa shape index (κ3) is 7.33. The van der Waals surface area contributed by atoms with Crippen LogP contribution in [0.25, 0.3) is 0 Å². The molecule has 1 radical (unpaired) electrons. The molecule has 0 heterocycles. The van der Waals surface area contributed by atoms with Crippen LogP contribution in [0.3, 0.4) is 0 Å². The maximum atomic E-state index is 5.28. The quantitative estimate of drug-likeness (QED) is 0.647. The van der Waals surface area contributed by atoms with E-state index in [9.17, 15) is 0 Å². The molecule has 0 bridgehead atoms. The van der Waals surface area contributed by atoms with Gasteiger partial charge in [0.05, 0.1) is 0 Å². The van der Waals surface area contributed by atoms with E-state index in [2.05, 4.69) is 27.7 Å². The minimum absolute atomic E-state index is 0.243. The lowest BCUT2D eigenvalue weighted by Gasteiger charge is -2.07. The van der Waals surface area contributed by atoms with Gasteiger partial charge >= 0.3 is 0 Å². The molecule has 0 amide bonds. The Hall–Kier alpha value is 1.22. The molecule has 0 atom stereocenters. The molecule has 0 aliphatic carbocycles. The van der Waals surface area contributed by atoms with Crippen LogP contribution < -0.4 is 0 Å². The Kier molecular flexibility index (Phi) is 6.53. The third-order valence-electron chi connectivity index (χ3n) is 0.594. The van der Waals surface area contributed by atoms with Gasteiger partial charge in [0.1, 0.15) is 0 Å². The molecule has 0 aliphatic heterocycles. The Balaban J connectivity index is 3.44. The second-order valence-electron chi connectivity index (χ2n) is 2.53. The van der Waals surface area contributed by atoms with Gasteiger partial charge in [0.2, 0.25) is 0 Å². The van der Waals surface area contributed by atoms with Gasteiger partial charge in [-0.15, -0.1) is 0 Å². The molecule has 0 spiro atoms. The van der Waals surface area contributed by atoms with E-state index in [-0.39, 0.29) is 5.10 Å². The standard InChI is InChI=1S/C6H14PS3/c1-5(2)9-7(8)10-6(3)4/h5-6H,1-4H3. The average molecular weight is 213 g/mol. The fraction of sp³-hybridized carbons (Fsp3) is 1.00. The van der Waals surface area contributed by atoms with Crippen LogP contribution in [0.2, 0.25) is 0 Å². The summed E-state index contributed by atoms with van der Waals surface area (Å²) in [6.07, 6.45) is 0. The topological polar surface area (TPSA) is 0 Å². The van der Waals surface area contributed by atoms with E-state index in [0.717, 1.165) is 0 Å². The summed E-state index contributed by atoms with van der Waals surface area (Å²) in [6.45, 7) is 8.81. The molecular weight excluding hydrogens is 199 g/mol. The van der Waals surface area contributed by atoms with Crippen molar-refractivity contribution in [3.05, 3.63) is 0 Å². The van der Waals surface area contributed by atoms with Crippen molar-refractivity contribution in [1.29, 1.82) is 0 Å². The van der Waals surface area contributed by atoms with Crippen molar-refractivity contribution >= 4 is 39.7 Å². The summed E-state index contributed by atoms with van der Waals surface area (Å²) in [6, 6.07) is 0. The predicted molar refractivity (Wildman–Crippen MR) is 59.7 cm³/mol. The lowest BCUT2D eigenvalue weighted by molar-refractivity contribution is 1.12. The van der Waals surface area contributed by atoms with Crippen molar-refractivity contribution in [2.24, 2.45) is 0 Å². The molecule has 0 nitrogen and oxygen atoms in total. The van der Waals surface area contributed by atoms with Gasteiger partial charge < -0.3 is 0 Å². The first-order valence-electron chi connectivity index (χ1n) is 3.33. The fourth-order valence-corrected chi connectivity index (χ4v) is 9.97. The van der Waals surface area contributed by atoms with Crippen LogP contribution in [0, 0.1) is 0 Å². The maximum Gasteiger partial charge on any atom is 0.0381 e. The van der Waals surface area contributed by atoms with Gasteiger partial charge in [-0.05, 0) is 11.8 Å². The molecule has 0 unspecified atom stereocenters. The lowest BCUT2D eigenvalue weighted by Crippen LogP contribution is -1.83.